The van der Waals surface area contributed by atoms with Crippen LogP contribution in [0.2, 0.25) is 0 Å². The molecule has 3 rings (SSSR count). The molecular weight excluding hydrogens is 462 g/mol. The third-order valence-corrected chi connectivity index (χ3v) is 5.57. The lowest BCUT2D eigenvalue weighted by molar-refractivity contribution is 0.0534. The van der Waals surface area contributed by atoms with Gasteiger partial charge in [-0.2, -0.15) is 0 Å². The first-order chi connectivity index (χ1) is 17.4. The Bertz CT molecular complexity index is 1150. The topological polar surface area (TPSA) is 116 Å². The molecule has 0 aliphatic rings. The Morgan fingerprint density at radius 1 is 0.838 bits per heavy atom. The Balaban J connectivity index is 1.74. The molecule has 1 amide bonds. The highest BCUT2D eigenvalue weighted by molar-refractivity contribution is 5.68. The number of amides is 1. The van der Waals surface area contributed by atoms with E-state index < -0.39 is 11.7 Å². The van der Waals surface area contributed by atoms with E-state index in [0.29, 0.717) is 18.2 Å². The van der Waals surface area contributed by atoms with E-state index in [9.17, 15) is 4.79 Å². The monoisotopic (exact) mass is 501 g/mol. The van der Waals surface area contributed by atoms with Gasteiger partial charge in [-0.1, -0.05) is 30.4 Å². The van der Waals surface area contributed by atoms with Crippen molar-refractivity contribution in [1.29, 1.82) is 0 Å². The summed E-state index contributed by atoms with van der Waals surface area (Å²) in [5, 5.41) is 2.76. The summed E-state index contributed by atoms with van der Waals surface area (Å²) in [6.45, 7) is 9.97. The number of aryl methyl sites for hydroxylation is 6. The summed E-state index contributed by atoms with van der Waals surface area (Å²) in [5.74, 6) is 1.10. The molecular formula is C30H39N5O2. The molecule has 196 valence electrons. The Morgan fingerprint density at radius 2 is 1.35 bits per heavy atom. The predicted octanol–water partition coefficient (Wildman–Crippen LogP) is 5.37. The first-order valence-corrected chi connectivity index (χ1v) is 12.7. The fourth-order valence-corrected chi connectivity index (χ4v) is 4.16. The average Bonchev–Trinajstić information content (AvgIpc) is 2.77. The van der Waals surface area contributed by atoms with Gasteiger partial charge in [-0.3, -0.25) is 0 Å². The van der Waals surface area contributed by atoms with Gasteiger partial charge < -0.3 is 21.5 Å². The van der Waals surface area contributed by atoms with Crippen LogP contribution < -0.4 is 16.8 Å². The van der Waals surface area contributed by atoms with Gasteiger partial charge in [0.05, 0.1) is 0 Å². The Labute approximate surface area is 220 Å². The normalized spacial score (nSPS) is 11.6. The molecule has 0 bridgehead atoms. The van der Waals surface area contributed by atoms with Crippen molar-refractivity contribution in [1.82, 2.24) is 15.3 Å². The largest absolute Gasteiger partial charge is 0.444 e. The highest BCUT2D eigenvalue weighted by Gasteiger charge is 2.15. The van der Waals surface area contributed by atoms with Crippen molar-refractivity contribution in [2.75, 3.05) is 18.0 Å². The van der Waals surface area contributed by atoms with Gasteiger partial charge in [0.25, 0.3) is 0 Å². The Morgan fingerprint density at radius 3 is 1.81 bits per heavy atom. The van der Waals surface area contributed by atoms with Crippen LogP contribution in [0.3, 0.4) is 0 Å². The van der Waals surface area contributed by atoms with E-state index in [0.717, 1.165) is 53.8 Å². The van der Waals surface area contributed by atoms with E-state index in [2.05, 4.69) is 45.6 Å². The first kappa shape index (κ1) is 27.7. The number of carbonyl (C=O) groups excluding carboxylic acids is 1. The molecule has 0 saturated heterocycles. The lowest BCUT2D eigenvalue weighted by Gasteiger charge is -2.19. The number of hydrogen-bond donors (Lipinski definition) is 3. The molecule has 0 aliphatic carbocycles. The van der Waals surface area contributed by atoms with Crippen molar-refractivity contribution < 1.29 is 9.53 Å². The highest BCUT2D eigenvalue weighted by Crippen LogP contribution is 2.18. The molecule has 0 spiro atoms. The van der Waals surface area contributed by atoms with Crippen LogP contribution in [-0.2, 0) is 30.4 Å². The number of nitrogen functional groups attached to an aromatic ring is 2. The van der Waals surface area contributed by atoms with Crippen LogP contribution in [0.4, 0.5) is 16.4 Å². The number of pyridine rings is 2. The second-order valence-corrected chi connectivity index (χ2v) is 10.5. The lowest BCUT2D eigenvalue weighted by atomic mass is 9.97. The number of benzene rings is 1. The van der Waals surface area contributed by atoms with Gasteiger partial charge >= 0.3 is 6.09 Å². The number of hydrogen-bond acceptors (Lipinski definition) is 6. The zero-order valence-corrected chi connectivity index (χ0v) is 22.6. The van der Waals surface area contributed by atoms with Crippen LogP contribution in [0, 0.1) is 13.8 Å². The van der Waals surface area contributed by atoms with Crippen molar-refractivity contribution in [3.63, 3.8) is 0 Å². The number of aromatic nitrogens is 2. The van der Waals surface area contributed by atoms with Gasteiger partial charge in [0.1, 0.15) is 17.2 Å². The number of rotatable bonds is 9. The number of nitrogens with one attached hydrogen (secondary N) is 1. The maximum Gasteiger partial charge on any atom is 0.407 e. The van der Waals surface area contributed by atoms with E-state index >= 15 is 0 Å². The van der Waals surface area contributed by atoms with E-state index in [1.54, 1.807) is 0 Å². The van der Waals surface area contributed by atoms with E-state index in [1.165, 1.54) is 11.1 Å². The number of nitrogens with zero attached hydrogens (tertiary/aromatic N) is 2. The maximum absolute atomic E-state index is 11.9. The van der Waals surface area contributed by atoms with Gasteiger partial charge in [0.2, 0.25) is 0 Å². The fourth-order valence-electron chi connectivity index (χ4n) is 4.16. The van der Waals surface area contributed by atoms with Crippen molar-refractivity contribution in [2.45, 2.75) is 65.9 Å². The number of alkyl carbamates (subject to hydrolysis) is 1. The molecule has 1 aromatic carbocycles. The molecule has 3 aromatic rings. The van der Waals surface area contributed by atoms with E-state index in [1.807, 2.05) is 58.9 Å². The standard InChI is InChI=1S/C30H39N5O2/c1-20-13-25(34-27(31)15-20)10-8-23-17-22(7-6-12-33-29(36)37-30(3,4)5)18-24(19-23)9-11-26-14-21(2)16-28(32)35-26/h6-7,13-19H,8-12H2,1-5H3,(H2,31,34)(H2,32,35)(H,33,36)/b7-6+. The first-order valence-electron chi connectivity index (χ1n) is 12.7. The summed E-state index contributed by atoms with van der Waals surface area (Å²) < 4.78 is 5.30. The zero-order chi connectivity index (χ0) is 27.0. The molecule has 2 aromatic heterocycles. The van der Waals surface area contributed by atoms with E-state index in [4.69, 9.17) is 16.2 Å². The molecule has 0 unspecified atom stereocenters. The third kappa shape index (κ3) is 9.95. The number of nitrogens with two attached hydrogens (primary N) is 2. The third-order valence-electron chi connectivity index (χ3n) is 5.57. The molecule has 0 saturated carbocycles. The van der Waals surface area contributed by atoms with Crippen molar-refractivity contribution in [3.05, 3.63) is 87.7 Å². The van der Waals surface area contributed by atoms with E-state index in [-0.39, 0.29) is 0 Å². The minimum Gasteiger partial charge on any atom is -0.444 e. The molecule has 0 aliphatic heterocycles. The number of carbonyl (C=O) groups is 1. The molecule has 2 heterocycles. The number of ether oxygens (including phenoxy) is 1. The predicted molar refractivity (Wildman–Crippen MR) is 151 cm³/mol. The van der Waals surface area contributed by atoms with Gasteiger partial charge in [0.15, 0.2) is 0 Å². The van der Waals surface area contributed by atoms with Crippen LogP contribution >= 0.6 is 0 Å². The zero-order valence-electron chi connectivity index (χ0n) is 22.6. The average molecular weight is 502 g/mol. The van der Waals surface area contributed by atoms with Gasteiger partial charge in [-0.15, -0.1) is 0 Å². The van der Waals surface area contributed by atoms with Crippen LogP contribution in [-0.4, -0.2) is 28.2 Å². The van der Waals surface area contributed by atoms with Gasteiger partial charge in [-0.25, -0.2) is 14.8 Å². The second kappa shape index (κ2) is 12.4. The van der Waals surface area contributed by atoms with Crippen LogP contribution in [0.25, 0.3) is 6.08 Å². The quantitative estimate of drug-likeness (QED) is 0.363. The number of anilines is 2. The van der Waals surface area contributed by atoms with Gasteiger partial charge in [0, 0.05) is 17.9 Å². The SMILES string of the molecule is Cc1cc(N)nc(CCc2cc(/C=C/CNC(=O)OC(C)(C)C)cc(CCc3cc(C)cc(N)n3)c2)c1. The molecule has 0 radical (unpaired) electrons. The second-order valence-electron chi connectivity index (χ2n) is 10.5. The molecule has 7 heteroatoms. The Hall–Kier alpha value is -3.87. The summed E-state index contributed by atoms with van der Waals surface area (Å²) in [7, 11) is 0. The fraction of sp³-hybridized carbons (Fsp3) is 0.367. The highest BCUT2D eigenvalue weighted by atomic mass is 16.6. The molecule has 5 N–H and O–H groups in total. The summed E-state index contributed by atoms with van der Waals surface area (Å²) in [6.07, 6.45) is 6.81. The summed E-state index contributed by atoms with van der Waals surface area (Å²) in [5.41, 5.74) is 19.1. The minimum absolute atomic E-state index is 0.382. The summed E-state index contributed by atoms with van der Waals surface area (Å²) >= 11 is 0. The maximum atomic E-state index is 11.9. The van der Waals surface area contributed by atoms with Crippen molar-refractivity contribution in [3.8, 4) is 0 Å². The van der Waals surface area contributed by atoms with Crippen LogP contribution in [0.1, 0.15) is 60.0 Å². The molecule has 0 atom stereocenters. The van der Waals surface area contributed by atoms with Crippen molar-refractivity contribution >= 4 is 23.8 Å². The summed E-state index contributed by atoms with van der Waals surface area (Å²) in [6, 6.07) is 14.5. The molecule has 37 heavy (non-hydrogen) atoms. The van der Waals surface area contributed by atoms with Crippen molar-refractivity contribution in [2.24, 2.45) is 0 Å². The lowest BCUT2D eigenvalue weighted by Crippen LogP contribution is -2.32. The van der Waals surface area contributed by atoms with Crippen LogP contribution in [0.15, 0.2) is 48.5 Å². The molecule has 0 fully saturated rings. The Kier molecular flexibility index (Phi) is 9.28. The smallest absolute Gasteiger partial charge is 0.407 e. The molecule has 7 nitrogen and oxygen atoms in total. The van der Waals surface area contributed by atoms with Gasteiger partial charge in [-0.05, 0) is 112 Å². The minimum atomic E-state index is -0.523. The van der Waals surface area contributed by atoms with Crippen LogP contribution in [0.5, 0.6) is 0 Å². The summed E-state index contributed by atoms with van der Waals surface area (Å²) in [4.78, 5) is 20.9.